The molecule has 1 unspecified atom stereocenters. The first kappa shape index (κ1) is 18.0. The van der Waals surface area contributed by atoms with Crippen LogP contribution in [0.4, 0.5) is 19.1 Å². The van der Waals surface area contributed by atoms with Crippen LogP contribution in [0.5, 0.6) is 0 Å². The number of anilines is 1. The van der Waals surface area contributed by atoms with Gasteiger partial charge in [0.2, 0.25) is 11.7 Å². The third kappa shape index (κ3) is 2.79. The highest BCUT2D eigenvalue weighted by atomic mass is 19.4. The van der Waals surface area contributed by atoms with Gasteiger partial charge < -0.3 is 9.73 Å². The molecule has 4 rings (SSSR count). The minimum atomic E-state index is -4.82. The number of carbonyl (C=O) groups excluding carboxylic acids is 1. The molecule has 0 bridgehead atoms. The number of fused-ring (bicyclic) bond motifs is 1. The third-order valence-corrected chi connectivity index (χ3v) is 4.47. The first-order valence-electron chi connectivity index (χ1n) is 8.41. The maximum absolute atomic E-state index is 13.9. The highest BCUT2D eigenvalue weighted by molar-refractivity contribution is 6.09. The topological polar surface area (TPSA) is 90.8 Å². The number of hydrogen-bond donors (Lipinski definition) is 1. The van der Waals surface area contributed by atoms with Crippen LogP contribution in [-0.2, 0) is 6.54 Å². The van der Waals surface area contributed by atoms with E-state index in [1.54, 1.807) is 17.8 Å². The van der Waals surface area contributed by atoms with Crippen molar-refractivity contribution in [3.63, 3.8) is 0 Å². The Kier molecular flexibility index (Phi) is 4.09. The number of furan rings is 1. The molecule has 0 amide bonds. The van der Waals surface area contributed by atoms with Crippen LogP contribution in [0.15, 0.2) is 46.6 Å². The lowest BCUT2D eigenvalue weighted by Crippen LogP contribution is -2.35. The molecule has 0 aliphatic carbocycles. The number of nitrogens with one attached hydrogen (secondary N) is 1. The van der Waals surface area contributed by atoms with Crippen molar-refractivity contribution in [3.05, 3.63) is 59.2 Å². The van der Waals surface area contributed by atoms with Gasteiger partial charge in [0.25, 0.3) is 0 Å². The number of aromatic nitrogens is 5. The van der Waals surface area contributed by atoms with E-state index in [4.69, 9.17) is 4.42 Å². The van der Waals surface area contributed by atoms with E-state index in [1.807, 2.05) is 6.92 Å². The maximum atomic E-state index is 13.9. The monoisotopic (exact) mass is 392 g/mol. The lowest BCUT2D eigenvalue weighted by molar-refractivity contribution is -0.0918. The van der Waals surface area contributed by atoms with E-state index in [0.717, 1.165) is 6.33 Å². The number of alkyl halides is 3. The molecule has 1 atom stereocenters. The van der Waals surface area contributed by atoms with Crippen molar-refractivity contribution in [2.45, 2.75) is 32.6 Å². The summed E-state index contributed by atoms with van der Waals surface area (Å²) in [5, 5.41) is 10.5. The fraction of sp³-hybridized carbons (Fsp3) is 0.294. The summed E-state index contributed by atoms with van der Waals surface area (Å²) in [7, 11) is 0. The van der Waals surface area contributed by atoms with Gasteiger partial charge >= 0.3 is 6.18 Å². The molecule has 3 aromatic rings. The molecule has 146 valence electrons. The SMILES string of the molecule is CCn1cc(C2C(C(=O)c3ccco3)=C(C(F)(F)F)Nc3ncnn32)c(C)n1. The summed E-state index contributed by atoms with van der Waals surface area (Å²) < 4.78 is 49.5. The molecule has 4 heterocycles. The number of carbonyl (C=O) groups is 1. The van der Waals surface area contributed by atoms with E-state index in [2.05, 4.69) is 20.5 Å². The second-order valence-electron chi connectivity index (χ2n) is 6.17. The van der Waals surface area contributed by atoms with E-state index < -0.39 is 29.3 Å². The second kappa shape index (κ2) is 6.36. The second-order valence-corrected chi connectivity index (χ2v) is 6.17. The predicted molar refractivity (Wildman–Crippen MR) is 90.5 cm³/mol. The molecule has 28 heavy (non-hydrogen) atoms. The van der Waals surface area contributed by atoms with Crippen LogP contribution in [-0.4, -0.2) is 36.5 Å². The minimum absolute atomic E-state index is 0.114. The Balaban J connectivity index is 1.99. The van der Waals surface area contributed by atoms with Crippen LogP contribution in [0, 0.1) is 6.92 Å². The number of aryl methyl sites for hydroxylation is 2. The number of halogens is 3. The normalized spacial score (nSPS) is 16.8. The summed E-state index contributed by atoms with van der Waals surface area (Å²) in [6, 6.07) is 1.60. The van der Waals surface area contributed by atoms with Gasteiger partial charge in [0.1, 0.15) is 18.1 Å². The summed E-state index contributed by atoms with van der Waals surface area (Å²) in [4.78, 5) is 16.9. The van der Waals surface area contributed by atoms with Crippen molar-refractivity contribution in [3.8, 4) is 0 Å². The summed E-state index contributed by atoms with van der Waals surface area (Å²) in [6.07, 6.45) is -0.849. The van der Waals surface area contributed by atoms with Gasteiger partial charge in [-0.3, -0.25) is 9.48 Å². The number of allylic oxidation sites excluding steroid dienone is 2. The van der Waals surface area contributed by atoms with E-state index in [1.165, 1.54) is 23.1 Å². The van der Waals surface area contributed by atoms with Crippen LogP contribution >= 0.6 is 0 Å². The number of rotatable bonds is 4. The average Bonchev–Trinajstić information content (AvgIpc) is 3.39. The Morgan fingerprint density at radius 2 is 2.18 bits per heavy atom. The minimum Gasteiger partial charge on any atom is -0.461 e. The smallest absolute Gasteiger partial charge is 0.431 e. The first-order valence-corrected chi connectivity index (χ1v) is 8.41. The van der Waals surface area contributed by atoms with E-state index in [-0.39, 0.29) is 11.7 Å². The standard InChI is InChI=1S/C17H15F3N6O2/c1-3-25-7-10(9(2)24-25)13-12(14(27)11-5-4-6-28-11)15(17(18,19)20)23-16-21-8-22-26(13)16/h4-8,13H,3H2,1-2H3,(H,21,22,23). The Labute approximate surface area is 156 Å². The molecule has 8 nitrogen and oxygen atoms in total. The summed E-state index contributed by atoms with van der Waals surface area (Å²) in [5.74, 6) is -1.20. The molecular weight excluding hydrogens is 377 g/mol. The van der Waals surface area contributed by atoms with Crippen molar-refractivity contribution in [2.75, 3.05) is 5.32 Å². The van der Waals surface area contributed by atoms with Crippen LogP contribution < -0.4 is 5.32 Å². The molecule has 11 heteroatoms. The largest absolute Gasteiger partial charge is 0.461 e. The van der Waals surface area contributed by atoms with Crippen molar-refractivity contribution in [1.29, 1.82) is 0 Å². The fourth-order valence-electron chi connectivity index (χ4n) is 3.22. The van der Waals surface area contributed by atoms with Gasteiger partial charge in [-0.25, -0.2) is 4.68 Å². The van der Waals surface area contributed by atoms with Crippen molar-refractivity contribution >= 4 is 11.7 Å². The van der Waals surface area contributed by atoms with Crippen LogP contribution in [0.2, 0.25) is 0 Å². The molecular formula is C17H15F3N6O2. The van der Waals surface area contributed by atoms with Crippen LogP contribution in [0.1, 0.15) is 34.8 Å². The van der Waals surface area contributed by atoms with E-state index in [9.17, 15) is 18.0 Å². The van der Waals surface area contributed by atoms with Gasteiger partial charge in [-0.15, -0.1) is 0 Å². The van der Waals surface area contributed by atoms with Gasteiger partial charge in [-0.05, 0) is 26.0 Å². The first-order chi connectivity index (χ1) is 13.3. The van der Waals surface area contributed by atoms with Crippen molar-refractivity contribution < 1.29 is 22.4 Å². The number of hydrogen-bond acceptors (Lipinski definition) is 6. The van der Waals surface area contributed by atoms with E-state index >= 15 is 0 Å². The Morgan fingerprint density at radius 3 is 2.79 bits per heavy atom. The Hall–Kier alpha value is -3.37. The zero-order valence-corrected chi connectivity index (χ0v) is 14.9. The number of Topliss-reactive ketones (excluding diaryl/α,β-unsaturated/α-hetero) is 1. The molecule has 0 saturated heterocycles. The lowest BCUT2D eigenvalue weighted by Gasteiger charge is -2.29. The van der Waals surface area contributed by atoms with E-state index in [0.29, 0.717) is 17.8 Å². The quantitative estimate of drug-likeness (QED) is 0.686. The molecule has 0 radical (unpaired) electrons. The Morgan fingerprint density at radius 1 is 1.39 bits per heavy atom. The predicted octanol–water partition coefficient (Wildman–Crippen LogP) is 3.11. The molecule has 0 aromatic carbocycles. The number of nitrogens with zero attached hydrogens (tertiary/aromatic N) is 5. The molecule has 0 spiro atoms. The molecule has 3 aromatic heterocycles. The van der Waals surface area contributed by atoms with Crippen molar-refractivity contribution in [2.24, 2.45) is 0 Å². The maximum Gasteiger partial charge on any atom is 0.431 e. The number of ketones is 1. The highest BCUT2D eigenvalue weighted by Gasteiger charge is 2.47. The van der Waals surface area contributed by atoms with Gasteiger partial charge in [0.15, 0.2) is 5.76 Å². The average molecular weight is 392 g/mol. The fourth-order valence-corrected chi connectivity index (χ4v) is 3.22. The van der Waals surface area contributed by atoms with Crippen LogP contribution in [0.3, 0.4) is 0 Å². The van der Waals surface area contributed by atoms with Gasteiger partial charge in [-0.1, -0.05) is 0 Å². The van der Waals surface area contributed by atoms with Gasteiger partial charge in [-0.2, -0.15) is 28.4 Å². The highest BCUT2D eigenvalue weighted by Crippen LogP contribution is 2.42. The zero-order valence-electron chi connectivity index (χ0n) is 14.9. The van der Waals surface area contributed by atoms with Gasteiger partial charge in [0.05, 0.1) is 17.5 Å². The molecule has 1 aliphatic rings. The molecule has 1 N–H and O–H groups in total. The Bertz CT molecular complexity index is 1060. The summed E-state index contributed by atoms with van der Waals surface area (Å²) in [6.45, 7) is 4.04. The van der Waals surface area contributed by atoms with Gasteiger partial charge in [0, 0.05) is 18.3 Å². The lowest BCUT2D eigenvalue weighted by atomic mass is 9.91. The molecule has 1 aliphatic heterocycles. The zero-order chi connectivity index (χ0) is 20.1. The summed E-state index contributed by atoms with van der Waals surface area (Å²) in [5.41, 5.74) is -0.810. The summed E-state index contributed by atoms with van der Waals surface area (Å²) >= 11 is 0. The molecule has 0 fully saturated rings. The van der Waals surface area contributed by atoms with Crippen molar-refractivity contribution in [1.82, 2.24) is 24.5 Å². The third-order valence-electron chi connectivity index (χ3n) is 4.47. The molecule has 0 saturated carbocycles. The van der Waals surface area contributed by atoms with Crippen LogP contribution in [0.25, 0.3) is 0 Å².